The first-order valence-electron chi connectivity index (χ1n) is 6.32. The summed E-state index contributed by atoms with van der Waals surface area (Å²) in [4.78, 5) is 13.6. The zero-order valence-electron chi connectivity index (χ0n) is 10.8. The third-order valence-corrected chi connectivity index (χ3v) is 3.32. The molecule has 1 atom stereocenters. The summed E-state index contributed by atoms with van der Waals surface area (Å²) in [6, 6.07) is 5.01. The molecule has 0 radical (unpaired) electrons. The van der Waals surface area contributed by atoms with Crippen molar-refractivity contribution in [3.63, 3.8) is 0 Å². The van der Waals surface area contributed by atoms with Crippen molar-refractivity contribution < 1.29 is 13.9 Å². The molecule has 2 rings (SSSR count). The van der Waals surface area contributed by atoms with Crippen molar-refractivity contribution >= 4 is 11.7 Å². The van der Waals surface area contributed by atoms with Crippen LogP contribution in [-0.4, -0.2) is 25.2 Å². The predicted octanol–water partition coefficient (Wildman–Crippen LogP) is 2.53. The molecule has 18 heavy (non-hydrogen) atoms. The average Bonchev–Trinajstić information content (AvgIpc) is 2.33. The number of carbonyl (C=O) groups excluding carboxylic acids is 1. The molecule has 0 amide bonds. The maximum absolute atomic E-state index is 13.2. The first-order valence-corrected chi connectivity index (χ1v) is 6.32. The van der Waals surface area contributed by atoms with E-state index in [1.54, 1.807) is 19.1 Å². The van der Waals surface area contributed by atoms with Crippen LogP contribution in [0.4, 0.5) is 10.1 Å². The summed E-state index contributed by atoms with van der Waals surface area (Å²) in [6.07, 6.45) is 1.78. The zero-order chi connectivity index (χ0) is 13.1. The molecule has 1 aromatic rings. The smallest absolute Gasteiger partial charge is 0.325 e. The van der Waals surface area contributed by atoms with Crippen molar-refractivity contribution in [2.75, 3.05) is 18.1 Å². The van der Waals surface area contributed by atoms with Crippen LogP contribution < -0.4 is 4.90 Å². The number of nitrogens with zero attached hydrogens (tertiary/aromatic N) is 1. The molecule has 0 aliphatic carbocycles. The molecular formula is C14H18FNO2. The van der Waals surface area contributed by atoms with Crippen LogP contribution in [0.15, 0.2) is 18.2 Å². The highest BCUT2D eigenvalue weighted by atomic mass is 19.1. The van der Waals surface area contributed by atoms with Gasteiger partial charge in [0, 0.05) is 11.7 Å². The Hall–Kier alpha value is -1.58. The van der Waals surface area contributed by atoms with Gasteiger partial charge in [0.15, 0.2) is 0 Å². The number of carbonyl (C=O) groups is 1. The summed E-state index contributed by atoms with van der Waals surface area (Å²) in [5.74, 6) is -0.457. The second kappa shape index (κ2) is 5.38. The Labute approximate surface area is 107 Å². The van der Waals surface area contributed by atoms with Gasteiger partial charge in [-0.05, 0) is 50.5 Å². The number of rotatable bonds is 3. The fourth-order valence-corrected chi connectivity index (χ4v) is 2.38. The second-order valence-electron chi connectivity index (χ2n) is 4.59. The summed E-state index contributed by atoms with van der Waals surface area (Å²) in [7, 11) is 0. The van der Waals surface area contributed by atoms with Crippen molar-refractivity contribution in [1.82, 2.24) is 0 Å². The van der Waals surface area contributed by atoms with Gasteiger partial charge in [-0.2, -0.15) is 0 Å². The third-order valence-electron chi connectivity index (χ3n) is 3.32. The van der Waals surface area contributed by atoms with Gasteiger partial charge >= 0.3 is 5.97 Å². The van der Waals surface area contributed by atoms with E-state index in [0.29, 0.717) is 6.61 Å². The lowest BCUT2D eigenvalue weighted by molar-refractivity contribution is -0.141. The number of fused-ring (bicyclic) bond motifs is 1. The predicted molar refractivity (Wildman–Crippen MR) is 68.2 cm³/mol. The molecular weight excluding hydrogens is 233 g/mol. The van der Waals surface area contributed by atoms with Crippen LogP contribution in [0.1, 0.15) is 25.8 Å². The van der Waals surface area contributed by atoms with Crippen molar-refractivity contribution in [2.24, 2.45) is 0 Å². The van der Waals surface area contributed by atoms with Gasteiger partial charge in [0.25, 0.3) is 0 Å². The van der Waals surface area contributed by atoms with Gasteiger partial charge < -0.3 is 9.64 Å². The minimum absolute atomic E-state index is 0.223. The summed E-state index contributed by atoms with van der Waals surface area (Å²) >= 11 is 0. The van der Waals surface area contributed by atoms with Crippen LogP contribution in [0.25, 0.3) is 0 Å². The number of hydrogen-bond donors (Lipinski definition) is 0. The quantitative estimate of drug-likeness (QED) is 0.773. The molecule has 0 aromatic heterocycles. The van der Waals surface area contributed by atoms with Crippen LogP contribution in [0, 0.1) is 5.82 Å². The van der Waals surface area contributed by atoms with E-state index in [9.17, 15) is 9.18 Å². The molecule has 1 heterocycles. The summed E-state index contributed by atoms with van der Waals surface area (Å²) < 4.78 is 18.2. The monoisotopic (exact) mass is 251 g/mol. The normalized spacial score (nSPS) is 18.4. The molecule has 0 N–H and O–H groups in total. The Morgan fingerprint density at radius 1 is 1.56 bits per heavy atom. The van der Waals surface area contributed by atoms with Crippen LogP contribution in [0.5, 0.6) is 0 Å². The van der Waals surface area contributed by atoms with Crippen LogP contribution in [0.2, 0.25) is 0 Å². The van der Waals surface area contributed by atoms with E-state index < -0.39 is 0 Å². The topological polar surface area (TPSA) is 29.5 Å². The Kier molecular flexibility index (Phi) is 3.84. The van der Waals surface area contributed by atoms with Gasteiger partial charge in [0.2, 0.25) is 0 Å². The van der Waals surface area contributed by atoms with E-state index in [-0.39, 0.29) is 24.4 Å². The molecule has 1 unspecified atom stereocenters. The lowest BCUT2D eigenvalue weighted by atomic mass is 9.96. The molecule has 3 nitrogen and oxygen atoms in total. The Balaban J connectivity index is 2.22. The lowest BCUT2D eigenvalue weighted by Gasteiger charge is -2.36. The molecule has 1 aromatic carbocycles. The van der Waals surface area contributed by atoms with Gasteiger partial charge in [-0.3, -0.25) is 4.79 Å². The molecule has 0 fully saturated rings. The molecule has 0 saturated carbocycles. The Morgan fingerprint density at radius 2 is 2.33 bits per heavy atom. The number of halogens is 1. The highest BCUT2D eigenvalue weighted by Gasteiger charge is 2.25. The highest BCUT2D eigenvalue weighted by Crippen LogP contribution is 2.30. The molecule has 1 aliphatic heterocycles. The maximum atomic E-state index is 13.2. The van der Waals surface area contributed by atoms with E-state index in [1.165, 1.54) is 6.07 Å². The molecule has 0 saturated heterocycles. The average molecular weight is 251 g/mol. The standard InChI is InChI=1S/C14H18FNO2/c1-3-18-14(17)9-16-10(2)4-5-11-8-12(15)6-7-13(11)16/h6-8,10H,3-5,9H2,1-2H3. The van der Waals surface area contributed by atoms with E-state index in [1.807, 2.05) is 4.90 Å². The Bertz CT molecular complexity index is 447. The van der Waals surface area contributed by atoms with Gasteiger partial charge in [-0.15, -0.1) is 0 Å². The summed E-state index contributed by atoms with van der Waals surface area (Å²) in [6.45, 7) is 4.48. The number of benzene rings is 1. The lowest BCUT2D eigenvalue weighted by Crippen LogP contribution is -2.41. The molecule has 0 spiro atoms. The fourth-order valence-electron chi connectivity index (χ4n) is 2.38. The molecule has 4 heteroatoms. The van der Waals surface area contributed by atoms with Crippen LogP contribution >= 0.6 is 0 Å². The number of anilines is 1. The van der Waals surface area contributed by atoms with Crippen molar-refractivity contribution in [2.45, 2.75) is 32.7 Å². The van der Waals surface area contributed by atoms with Crippen LogP contribution in [0.3, 0.4) is 0 Å². The Morgan fingerprint density at radius 3 is 3.06 bits per heavy atom. The fraction of sp³-hybridized carbons (Fsp3) is 0.500. The number of hydrogen-bond acceptors (Lipinski definition) is 3. The molecule has 1 aliphatic rings. The summed E-state index contributed by atoms with van der Waals surface area (Å²) in [5, 5.41) is 0. The van der Waals surface area contributed by atoms with E-state index in [2.05, 4.69) is 6.92 Å². The molecule has 0 bridgehead atoms. The van der Waals surface area contributed by atoms with E-state index >= 15 is 0 Å². The highest BCUT2D eigenvalue weighted by molar-refractivity contribution is 5.77. The second-order valence-corrected chi connectivity index (χ2v) is 4.59. The van der Waals surface area contributed by atoms with Gasteiger partial charge in [-0.1, -0.05) is 0 Å². The van der Waals surface area contributed by atoms with Gasteiger partial charge in [-0.25, -0.2) is 4.39 Å². The van der Waals surface area contributed by atoms with Gasteiger partial charge in [0.05, 0.1) is 6.61 Å². The zero-order valence-corrected chi connectivity index (χ0v) is 10.8. The van der Waals surface area contributed by atoms with Crippen molar-refractivity contribution in [3.8, 4) is 0 Å². The van der Waals surface area contributed by atoms with Crippen molar-refractivity contribution in [3.05, 3.63) is 29.6 Å². The minimum atomic E-state index is -0.235. The third kappa shape index (κ3) is 2.63. The maximum Gasteiger partial charge on any atom is 0.325 e. The van der Waals surface area contributed by atoms with E-state index in [4.69, 9.17) is 4.74 Å². The first-order chi connectivity index (χ1) is 8.61. The first kappa shape index (κ1) is 12.9. The molecule has 98 valence electrons. The SMILES string of the molecule is CCOC(=O)CN1c2ccc(F)cc2CCC1C. The summed E-state index contributed by atoms with van der Waals surface area (Å²) in [5.41, 5.74) is 1.92. The number of esters is 1. The number of aryl methyl sites for hydroxylation is 1. The largest absolute Gasteiger partial charge is 0.465 e. The van der Waals surface area contributed by atoms with Crippen LogP contribution in [-0.2, 0) is 16.0 Å². The van der Waals surface area contributed by atoms with Gasteiger partial charge in [0.1, 0.15) is 12.4 Å². The van der Waals surface area contributed by atoms with Crippen molar-refractivity contribution in [1.29, 1.82) is 0 Å². The van der Waals surface area contributed by atoms with E-state index in [0.717, 1.165) is 24.1 Å². The minimum Gasteiger partial charge on any atom is -0.465 e. The number of ether oxygens (including phenoxy) is 1.